The summed E-state index contributed by atoms with van der Waals surface area (Å²) in [6, 6.07) is 14.3. The van der Waals surface area contributed by atoms with E-state index in [1.54, 1.807) is 24.3 Å². The van der Waals surface area contributed by atoms with Crippen molar-refractivity contribution in [1.82, 2.24) is 5.32 Å². The smallest absolute Gasteiger partial charge is 0.251 e. The van der Waals surface area contributed by atoms with Gasteiger partial charge in [0.05, 0.1) is 17.7 Å². The number of furan rings is 1. The molecule has 1 N–H and O–H groups in total. The predicted molar refractivity (Wildman–Crippen MR) is 88.8 cm³/mol. The molecular formula is C18H15NO3S. The Labute approximate surface area is 137 Å². The van der Waals surface area contributed by atoms with E-state index in [2.05, 4.69) is 5.32 Å². The van der Waals surface area contributed by atoms with Gasteiger partial charge in [0.25, 0.3) is 5.91 Å². The van der Waals surface area contributed by atoms with Gasteiger partial charge < -0.3 is 9.73 Å². The molecular weight excluding hydrogens is 310 g/mol. The average molecular weight is 325 g/mol. The molecule has 0 aliphatic carbocycles. The molecule has 0 aliphatic rings. The quantitative estimate of drug-likeness (QED) is 0.726. The molecule has 0 atom stereocenters. The van der Waals surface area contributed by atoms with E-state index in [1.807, 2.05) is 31.2 Å². The summed E-state index contributed by atoms with van der Waals surface area (Å²) in [6.07, 6.45) is 1.48. The Morgan fingerprint density at radius 2 is 2.00 bits per heavy atom. The van der Waals surface area contributed by atoms with Crippen molar-refractivity contribution in [3.8, 4) is 0 Å². The normalized spacial score (nSPS) is 10.5. The van der Waals surface area contributed by atoms with Crippen molar-refractivity contribution in [2.75, 3.05) is 0 Å². The zero-order valence-electron chi connectivity index (χ0n) is 12.5. The van der Waals surface area contributed by atoms with E-state index in [-0.39, 0.29) is 11.7 Å². The highest BCUT2D eigenvalue weighted by Gasteiger charge is 2.14. The van der Waals surface area contributed by atoms with Crippen molar-refractivity contribution in [2.24, 2.45) is 0 Å². The van der Waals surface area contributed by atoms with Gasteiger partial charge in [-0.05, 0) is 43.3 Å². The molecule has 5 heteroatoms. The maximum atomic E-state index is 12.1. The summed E-state index contributed by atoms with van der Waals surface area (Å²) in [6.45, 7) is 2.34. The molecule has 0 unspecified atom stereocenters. The van der Waals surface area contributed by atoms with Gasteiger partial charge in [0.1, 0.15) is 0 Å². The van der Waals surface area contributed by atoms with Crippen LogP contribution >= 0.6 is 11.3 Å². The maximum Gasteiger partial charge on any atom is 0.251 e. The molecule has 0 radical (unpaired) electrons. The molecule has 23 heavy (non-hydrogen) atoms. The monoisotopic (exact) mass is 325 g/mol. The Kier molecular flexibility index (Phi) is 4.39. The molecule has 0 spiro atoms. The first-order valence-corrected chi connectivity index (χ1v) is 7.97. The average Bonchev–Trinajstić information content (AvgIpc) is 3.23. The third-order valence-corrected chi connectivity index (χ3v) is 4.42. The fraction of sp³-hybridized carbons (Fsp3) is 0.111. The third-order valence-electron chi connectivity index (χ3n) is 3.33. The first-order chi connectivity index (χ1) is 11.1. The predicted octanol–water partition coefficient (Wildman–Crippen LogP) is 3.81. The van der Waals surface area contributed by atoms with Gasteiger partial charge in [-0.2, -0.15) is 0 Å². The number of hydrogen-bond donors (Lipinski definition) is 1. The van der Waals surface area contributed by atoms with Crippen LogP contribution in [0.25, 0.3) is 0 Å². The van der Waals surface area contributed by atoms with Crippen LogP contribution in [-0.2, 0) is 6.54 Å². The van der Waals surface area contributed by atoms with Gasteiger partial charge in [-0.3, -0.25) is 9.59 Å². The van der Waals surface area contributed by atoms with Crippen LogP contribution in [0.3, 0.4) is 0 Å². The van der Waals surface area contributed by atoms with Crippen LogP contribution in [0, 0.1) is 6.92 Å². The molecule has 2 heterocycles. The lowest BCUT2D eigenvalue weighted by molar-refractivity contribution is 0.0950. The summed E-state index contributed by atoms with van der Waals surface area (Å²) in [5, 5.41) is 2.87. The molecule has 1 aromatic carbocycles. The molecule has 0 fully saturated rings. The van der Waals surface area contributed by atoms with Gasteiger partial charge in [-0.1, -0.05) is 17.7 Å². The van der Waals surface area contributed by atoms with Crippen LogP contribution in [0.15, 0.2) is 59.2 Å². The minimum atomic E-state index is -0.142. The zero-order chi connectivity index (χ0) is 16.2. The fourth-order valence-corrected chi connectivity index (χ4v) is 3.07. The van der Waals surface area contributed by atoms with E-state index in [4.69, 9.17) is 4.42 Å². The van der Waals surface area contributed by atoms with Crippen LogP contribution in [-0.4, -0.2) is 11.7 Å². The van der Waals surface area contributed by atoms with E-state index >= 15 is 0 Å². The number of rotatable bonds is 5. The molecule has 0 bridgehead atoms. The fourth-order valence-electron chi connectivity index (χ4n) is 2.18. The molecule has 116 valence electrons. The van der Waals surface area contributed by atoms with Crippen molar-refractivity contribution in [3.63, 3.8) is 0 Å². The first kappa shape index (κ1) is 15.2. The second-order valence-electron chi connectivity index (χ2n) is 5.12. The molecule has 0 aliphatic heterocycles. The number of hydrogen-bond acceptors (Lipinski definition) is 4. The standard InChI is InChI=1S/C18H15NO3S/c1-12-4-2-5-13(10-12)18(21)19-11-14-7-8-16(23-14)17(20)15-6-3-9-22-15/h2-10H,11H2,1H3,(H,19,21). The summed E-state index contributed by atoms with van der Waals surface area (Å²) in [5.41, 5.74) is 1.67. The van der Waals surface area contributed by atoms with Crippen LogP contribution in [0.4, 0.5) is 0 Å². The van der Waals surface area contributed by atoms with Gasteiger partial charge in [0, 0.05) is 10.4 Å². The Morgan fingerprint density at radius 1 is 1.13 bits per heavy atom. The number of benzene rings is 1. The second kappa shape index (κ2) is 6.62. The minimum absolute atomic E-state index is 0.124. The maximum absolute atomic E-state index is 12.1. The van der Waals surface area contributed by atoms with E-state index in [1.165, 1.54) is 17.6 Å². The number of nitrogens with one attached hydrogen (secondary N) is 1. The number of aryl methyl sites for hydroxylation is 1. The highest BCUT2D eigenvalue weighted by atomic mass is 32.1. The van der Waals surface area contributed by atoms with Crippen molar-refractivity contribution in [1.29, 1.82) is 0 Å². The summed E-state index contributed by atoms with van der Waals surface area (Å²) in [4.78, 5) is 25.8. The summed E-state index contributed by atoms with van der Waals surface area (Å²) >= 11 is 1.36. The van der Waals surface area contributed by atoms with Crippen molar-refractivity contribution in [3.05, 3.63) is 81.4 Å². The third kappa shape index (κ3) is 3.57. The van der Waals surface area contributed by atoms with Crippen LogP contribution in [0.1, 0.15) is 36.2 Å². The van der Waals surface area contributed by atoms with Crippen molar-refractivity contribution >= 4 is 23.0 Å². The highest BCUT2D eigenvalue weighted by molar-refractivity contribution is 7.14. The Morgan fingerprint density at radius 3 is 2.74 bits per heavy atom. The van der Waals surface area contributed by atoms with E-state index in [9.17, 15) is 9.59 Å². The number of amides is 1. The molecule has 0 saturated heterocycles. The molecule has 4 nitrogen and oxygen atoms in total. The van der Waals surface area contributed by atoms with Crippen molar-refractivity contribution < 1.29 is 14.0 Å². The summed E-state index contributed by atoms with van der Waals surface area (Å²) in [5.74, 6) is 0.0551. The minimum Gasteiger partial charge on any atom is -0.461 e. The highest BCUT2D eigenvalue weighted by Crippen LogP contribution is 2.20. The van der Waals surface area contributed by atoms with E-state index in [0.29, 0.717) is 22.7 Å². The number of carbonyl (C=O) groups is 2. The summed E-state index contributed by atoms with van der Waals surface area (Å²) < 4.78 is 5.11. The molecule has 2 aromatic heterocycles. The molecule has 3 rings (SSSR count). The van der Waals surface area contributed by atoms with Gasteiger partial charge >= 0.3 is 0 Å². The summed E-state index contributed by atoms with van der Waals surface area (Å²) in [7, 11) is 0. The molecule has 1 amide bonds. The van der Waals surface area contributed by atoms with Gasteiger partial charge in [0.15, 0.2) is 5.76 Å². The second-order valence-corrected chi connectivity index (χ2v) is 6.29. The van der Waals surface area contributed by atoms with Crippen molar-refractivity contribution in [2.45, 2.75) is 13.5 Å². The largest absolute Gasteiger partial charge is 0.461 e. The lowest BCUT2D eigenvalue weighted by atomic mass is 10.1. The van der Waals surface area contributed by atoms with Gasteiger partial charge in [-0.15, -0.1) is 11.3 Å². The Bertz CT molecular complexity index is 834. The number of ketones is 1. The number of carbonyl (C=O) groups excluding carboxylic acids is 2. The van der Waals surface area contributed by atoms with Gasteiger partial charge in [-0.25, -0.2) is 0 Å². The lowest BCUT2D eigenvalue weighted by Crippen LogP contribution is -2.22. The van der Waals surface area contributed by atoms with E-state index < -0.39 is 0 Å². The van der Waals surface area contributed by atoms with Crippen LogP contribution < -0.4 is 5.32 Å². The zero-order valence-corrected chi connectivity index (χ0v) is 13.4. The number of thiophene rings is 1. The van der Waals surface area contributed by atoms with E-state index in [0.717, 1.165) is 10.4 Å². The SMILES string of the molecule is Cc1cccc(C(=O)NCc2ccc(C(=O)c3ccco3)s2)c1. The van der Waals surface area contributed by atoms with Crippen LogP contribution in [0.5, 0.6) is 0 Å². The van der Waals surface area contributed by atoms with Crippen LogP contribution in [0.2, 0.25) is 0 Å². The van der Waals surface area contributed by atoms with Gasteiger partial charge in [0.2, 0.25) is 5.78 Å². The first-order valence-electron chi connectivity index (χ1n) is 7.15. The molecule has 0 saturated carbocycles. The topological polar surface area (TPSA) is 59.3 Å². The Balaban J connectivity index is 1.63. The lowest BCUT2D eigenvalue weighted by Gasteiger charge is -2.04. The molecule has 3 aromatic rings. The Hall–Kier alpha value is -2.66.